The van der Waals surface area contributed by atoms with Gasteiger partial charge in [0.25, 0.3) is 0 Å². The zero-order chi connectivity index (χ0) is 45.3. The molecule has 4 heterocycles. The van der Waals surface area contributed by atoms with Crippen molar-refractivity contribution in [1.82, 2.24) is 0 Å². The largest absolute Gasteiger partial charge is 0.394 e. The highest BCUT2D eigenvalue weighted by atomic mass is 16.8. The first-order valence-corrected chi connectivity index (χ1v) is 23.1. The number of aliphatic hydroxyl groups is 12. The third-order valence-corrected chi connectivity index (χ3v) is 18.1. The topological polar surface area (TPSA) is 307 Å². The summed E-state index contributed by atoms with van der Waals surface area (Å²) in [5, 5.41) is 125. The van der Waals surface area contributed by atoms with Crippen molar-refractivity contribution in [2.75, 3.05) is 19.8 Å². The standard InChI is InChI=1S/C44H70O19/c1-18(16-57-37-32(51)29(48)28(47)26(15-45)59-37)7-12-43(56)19(2)27-25(61-43)14-24-22-6-5-20-13-21(8-10-40(20,3)23(22)9-11-41(24,27)4)58-39-44(35(54)34(53)42(44,17-46)63-39)62-38-33(52)30(49)31(50)36(55)60-38/h5,18-19,21-39,45-56H,6-17H2,1-4H3. The highest BCUT2D eigenvalue weighted by Crippen LogP contribution is 2.70. The molecule has 0 aromatic heterocycles. The molecule has 0 bridgehead atoms. The lowest BCUT2D eigenvalue weighted by Gasteiger charge is -2.73. The fraction of sp³-hybridized carbons (Fsp3) is 0.955. The van der Waals surface area contributed by atoms with Crippen molar-refractivity contribution in [3.8, 4) is 0 Å². The number of hydrogen-bond donors (Lipinski definition) is 12. The number of fused-ring (bicyclic) bond motifs is 8. The van der Waals surface area contributed by atoms with E-state index in [1.54, 1.807) is 0 Å². The van der Waals surface area contributed by atoms with Gasteiger partial charge in [0.2, 0.25) is 0 Å². The lowest BCUT2D eigenvalue weighted by molar-refractivity contribution is -0.554. The van der Waals surface area contributed by atoms with Crippen LogP contribution < -0.4 is 0 Å². The van der Waals surface area contributed by atoms with Crippen molar-refractivity contribution in [3.05, 3.63) is 11.6 Å². The van der Waals surface area contributed by atoms with Crippen LogP contribution in [0, 0.1) is 46.3 Å². The Hall–Kier alpha value is -1.02. The molecule has 0 spiro atoms. The molecule has 4 saturated carbocycles. The van der Waals surface area contributed by atoms with Crippen molar-refractivity contribution in [2.24, 2.45) is 46.3 Å². The van der Waals surface area contributed by atoms with Crippen LogP contribution in [0.15, 0.2) is 11.6 Å². The Balaban J connectivity index is 0.822. The molecular weight excluding hydrogens is 832 g/mol. The quantitative estimate of drug-likeness (QED) is 0.0930. The third-order valence-electron chi connectivity index (χ3n) is 18.1. The zero-order valence-corrected chi connectivity index (χ0v) is 36.4. The third kappa shape index (κ3) is 6.85. The number of aliphatic hydroxyl groups excluding tert-OH is 11. The molecule has 4 saturated heterocycles. The van der Waals surface area contributed by atoms with E-state index in [2.05, 4.69) is 26.8 Å². The van der Waals surface area contributed by atoms with Crippen LogP contribution in [-0.4, -0.2) is 190 Å². The second kappa shape index (κ2) is 16.6. The van der Waals surface area contributed by atoms with Gasteiger partial charge in [0, 0.05) is 12.3 Å². The van der Waals surface area contributed by atoms with Gasteiger partial charge in [0.1, 0.15) is 54.9 Å². The summed E-state index contributed by atoms with van der Waals surface area (Å²) in [5.74, 6) is -0.0478. The molecule has 0 radical (unpaired) electrons. The van der Waals surface area contributed by atoms with Crippen LogP contribution in [0.1, 0.15) is 85.5 Å². The molecule has 0 amide bonds. The number of rotatable bonds is 12. The summed E-state index contributed by atoms with van der Waals surface area (Å²) in [4.78, 5) is 0. The van der Waals surface area contributed by atoms with E-state index in [1.165, 1.54) is 5.57 Å². The minimum absolute atomic E-state index is 0.0291. The Morgan fingerprint density at radius 3 is 2.25 bits per heavy atom. The summed E-state index contributed by atoms with van der Waals surface area (Å²) in [7, 11) is 0. The van der Waals surface area contributed by atoms with Crippen molar-refractivity contribution in [1.29, 1.82) is 0 Å². The van der Waals surface area contributed by atoms with Crippen LogP contribution in [0.4, 0.5) is 0 Å². The summed E-state index contributed by atoms with van der Waals surface area (Å²) in [6, 6.07) is 0. The molecule has 0 aromatic carbocycles. The Labute approximate surface area is 366 Å². The van der Waals surface area contributed by atoms with Crippen LogP contribution in [0.2, 0.25) is 0 Å². The molecule has 360 valence electrons. The average Bonchev–Trinajstić information content (AvgIpc) is 3.70. The van der Waals surface area contributed by atoms with Gasteiger partial charge >= 0.3 is 0 Å². The molecule has 26 unspecified atom stereocenters. The van der Waals surface area contributed by atoms with Gasteiger partial charge in [-0.25, -0.2) is 0 Å². The maximum absolute atomic E-state index is 12.0. The highest BCUT2D eigenvalue weighted by Gasteiger charge is 2.87. The van der Waals surface area contributed by atoms with E-state index >= 15 is 0 Å². The predicted octanol–water partition coefficient (Wildman–Crippen LogP) is -2.15. The van der Waals surface area contributed by atoms with Crippen molar-refractivity contribution in [3.63, 3.8) is 0 Å². The number of allylic oxidation sites excluding steroid dienone is 1. The minimum Gasteiger partial charge on any atom is -0.394 e. The molecule has 5 aliphatic carbocycles. The molecule has 19 heteroatoms. The van der Waals surface area contributed by atoms with Gasteiger partial charge in [-0.2, -0.15) is 0 Å². The van der Waals surface area contributed by atoms with E-state index < -0.39 is 110 Å². The monoisotopic (exact) mass is 902 g/mol. The maximum atomic E-state index is 12.0. The molecule has 26 atom stereocenters. The van der Waals surface area contributed by atoms with Crippen LogP contribution in [0.25, 0.3) is 0 Å². The Morgan fingerprint density at radius 2 is 1.54 bits per heavy atom. The molecule has 0 aromatic rings. The van der Waals surface area contributed by atoms with Gasteiger partial charge < -0.3 is 94.4 Å². The summed E-state index contributed by atoms with van der Waals surface area (Å²) >= 11 is 0. The van der Waals surface area contributed by atoms with E-state index in [4.69, 9.17) is 33.2 Å². The average molecular weight is 903 g/mol. The lowest BCUT2D eigenvalue weighted by atomic mass is 9.47. The highest BCUT2D eigenvalue weighted by molar-refractivity contribution is 5.33. The molecule has 19 nitrogen and oxygen atoms in total. The van der Waals surface area contributed by atoms with Crippen LogP contribution in [-0.2, 0) is 33.2 Å². The summed E-state index contributed by atoms with van der Waals surface area (Å²) in [6.45, 7) is 7.67. The maximum Gasteiger partial charge on any atom is 0.193 e. The lowest BCUT2D eigenvalue weighted by Crippen LogP contribution is -2.97. The Kier molecular flexibility index (Phi) is 12.4. The van der Waals surface area contributed by atoms with Crippen LogP contribution in [0.5, 0.6) is 0 Å². The molecule has 63 heavy (non-hydrogen) atoms. The van der Waals surface area contributed by atoms with Crippen LogP contribution in [0.3, 0.4) is 0 Å². The Morgan fingerprint density at radius 1 is 0.825 bits per heavy atom. The van der Waals surface area contributed by atoms with Crippen molar-refractivity contribution < 1.29 is 94.4 Å². The first-order valence-electron chi connectivity index (χ1n) is 23.1. The molecule has 9 rings (SSSR count). The van der Waals surface area contributed by atoms with E-state index in [-0.39, 0.29) is 47.4 Å². The first kappa shape index (κ1) is 47.1. The second-order valence-electron chi connectivity index (χ2n) is 21.2. The second-order valence-corrected chi connectivity index (χ2v) is 21.2. The normalized spacial score (nSPS) is 57.7. The smallest absolute Gasteiger partial charge is 0.193 e. The van der Waals surface area contributed by atoms with Gasteiger partial charge in [-0.05, 0) is 91.8 Å². The molecule has 9 aliphatic rings. The van der Waals surface area contributed by atoms with Crippen molar-refractivity contribution >= 4 is 0 Å². The van der Waals surface area contributed by atoms with E-state index in [1.807, 2.05) is 6.92 Å². The number of ether oxygens (including phenoxy) is 7. The van der Waals surface area contributed by atoms with Crippen LogP contribution >= 0.6 is 0 Å². The fourth-order valence-corrected chi connectivity index (χ4v) is 14.2. The zero-order valence-electron chi connectivity index (χ0n) is 36.4. The van der Waals surface area contributed by atoms with Crippen molar-refractivity contribution in [2.45, 2.75) is 195 Å². The summed E-state index contributed by atoms with van der Waals surface area (Å²) < 4.78 is 41.6. The van der Waals surface area contributed by atoms with Gasteiger partial charge in [0.05, 0.1) is 32.0 Å². The van der Waals surface area contributed by atoms with Gasteiger partial charge in [0.15, 0.2) is 42.1 Å². The predicted molar refractivity (Wildman–Crippen MR) is 212 cm³/mol. The fourth-order valence-electron chi connectivity index (χ4n) is 14.2. The van der Waals surface area contributed by atoms with E-state index in [9.17, 15) is 61.3 Å². The first-order chi connectivity index (χ1) is 29.7. The van der Waals surface area contributed by atoms with Gasteiger partial charge in [-0.1, -0.05) is 39.3 Å². The molecule has 8 fully saturated rings. The van der Waals surface area contributed by atoms with E-state index in [0.717, 1.165) is 32.1 Å². The van der Waals surface area contributed by atoms with E-state index in [0.29, 0.717) is 43.4 Å². The minimum atomic E-state index is -1.92. The van der Waals surface area contributed by atoms with Gasteiger partial charge in [-0.15, -0.1) is 0 Å². The Bertz CT molecular complexity index is 1710. The summed E-state index contributed by atoms with van der Waals surface area (Å²) in [6.07, 6.45) is -11.7. The molecular formula is C44H70O19. The summed E-state index contributed by atoms with van der Waals surface area (Å²) in [5.41, 5.74) is -2.56. The molecule has 4 aliphatic heterocycles. The molecule has 12 N–H and O–H groups in total. The SMILES string of the molecule is CC(CCC1(O)OC2CC3C4CC=C5CC(OC6OC7(CO)C(O)C(O)C67OC6OC(O)C(O)C(O)C6O)CCC5(C)C4CCC3(C)C2C1C)COC1OC(CO)C(O)C(O)C1O. The van der Waals surface area contributed by atoms with Gasteiger partial charge in [-0.3, -0.25) is 0 Å². The number of hydrogen-bond acceptors (Lipinski definition) is 19.